The molecule has 0 radical (unpaired) electrons. The molecule has 0 rings (SSSR count). The average molecular weight is 300 g/mol. The molecule has 60 valence electrons. The third-order valence-corrected chi connectivity index (χ3v) is 9.78. The molecule has 0 saturated heterocycles. The second-order valence-electron chi connectivity index (χ2n) is 0.994. The first-order valence-corrected chi connectivity index (χ1v) is 9.95. The second-order valence-corrected chi connectivity index (χ2v) is 10.8. The summed E-state index contributed by atoms with van der Waals surface area (Å²) >= 11 is 26.4. The molecule has 2 nitrogen and oxygen atoms in total. The molecule has 0 bridgehead atoms. The Kier molecular flexibility index (Phi) is 6.17. The van der Waals surface area contributed by atoms with Crippen molar-refractivity contribution >= 4 is 76.7 Å². The van der Waals surface area contributed by atoms with E-state index in [1.165, 1.54) is 0 Å². The number of halogens is 5. The molecule has 0 aromatic heterocycles. The van der Waals surface area contributed by atoms with Crippen molar-refractivity contribution in [2.24, 2.45) is 0 Å². The fourth-order valence-electron chi connectivity index (χ4n) is 0.144. The van der Waals surface area contributed by atoms with Gasteiger partial charge in [-0.05, 0) is 22.5 Å². The summed E-state index contributed by atoms with van der Waals surface area (Å²) in [5.41, 5.74) is 0. The Balaban J connectivity index is 4.57. The van der Waals surface area contributed by atoms with Gasteiger partial charge in [0.05, 0.1) is 0 Å². The third-order valence-electron chi connectivity index (χ3n) is 0.411. The molecule has 0 amide bonds. The summed E-state index contributed by atoms with van der Waals surface area (Å²) in [6.45, 7) is -1.65. The SMILES string of the molecule is O=P(Cl)(Cl)[N+](=PCl)P(Cl)Cl. The van der Waals surface area contributed by atoms with Crippen molar-refractivity contribution in [2.75, 3.05) is 0 Å². The zero-order valence-electron chi connectivity index (χ0n) is 4.09. The zero-order chi connectivity index (χ0) is 8.36. The Bertz CT molecular complexity index is 181. The maximum atomic E-state index is 10.8. The lowest BCUT2D eigenvalue weighted by Gasteiger charge is -1.96. The monoisotopic (exact) mass is 298 g/mol. The predicted molar refractivity (Wildman–Crippen MR) is 51.0 cm³/mol. The molecule has 0 atom stereocenters. The van der Waals surface area contributed by atoms with Gasteiger partial charge in [0.2, 0.25) is 0 Å². The Morgan fingerprint density at radius 3 is 1.80 bits per heavy atom. The second kappa shape index (κ2) is 5.05. The highest BCUT2D eigenvalue weighted by molar-refractivity contribution is 8.12. The van der Waals surface area contributed by atoms with Crippen LogP contribution in [0, 0.1) is 0 Å². The third kappa shape index (κ3) is 4.29. The van der Waals surface area contributed by atoms with Crippen LogP contribution in [0.25, 0.3) is 0 Å². The quantitative estimate of drug-likeness (QED) is 0.610. The summed E-state index contributed by atoms with van der Waals surface area (Å²) in [6.07, 6.45) is 0. The van der Waals surface area contributed by atoms with Gasteiger partial charge in [-0.15, -0.1) is 0 Å². The summed E-state index contributed by atoms with van der Waals surface area (Å²) in [5.74, 6) is -3.43. The molecule has 0 aliphatic heterocycles. The van der Waals surface area contributed by atoms with Crippen molar-refractivity contribution in [1.29, 1.82) is 0 Å². The Hall–Kier alpha value is 2.21. The average Bonchev–Trinajstić information content (AvgIpc) is 1.60. The minimum Gasteiger partial charge on any atom is -0.216 e. The maximum absolute atomic E-state index is 10.8. The summed E-state index contributed by atoms with van der Waals surface area (Å²) in [7, 11) is 0.0763. The van der Waals surface area contributed by atoms with E-state index in [0.29, 0.717) is 0 Å². The van der Waals surface area contributed by atoms with Crippen LogP contribution in [0.2, 0.25) is 0 Å². The first kappa shape index (κ1) is 12.2. The van der Waals surface area contributed by atoms with E-state index in [-0.39, 0.29) is 7.73 Å². The molecule has 10 heavy (non-hydrogen) atoms. The van der Waals surface area contributed by atoms with E-state index in [0.717, 1.165) is 3.87 Å². The first-order chi connectivity index (χ1) is 4.39. The van der Waals surface area contributed by atoms with E-state index in [4.69, 9.17) is 56.2 Å². The van der Waals surface area contributed by atoms with Crippen molar-refractivity contribution < 1.29 is 8.43 Å². The Morgan fingerprint density at radius 1 is 1.40 bits per heavy atom. The van der Waals surface area contributed by atoms with Gasteiger partial charge in [-0.1, -0.05) is 3.87 Å². The predicted octanol–water partition coefficient (Wildman–Crippen LogP) is 5.57. The number of rotatable bonds is 2. The van der Waals surface area contributed by atoms with Gasteiger partial charge in [-0.25, -0.2) is 4.57 Å². The highest BCUT2D eigenvalue weighted by Crippen LogP contribution is 2.71. The zero-order valence-corrected chi connectivity index (χ0v) is 10.5. The molecule has 0 N–H and O–H groups in total. The van der Waals surface area contributed by atoms with Gasteiger partial charge in [0.1, 0.15) is 0 Å². The topological polar surface area (TPSA) is 20.1 Å². The largest absolute Gasteiger partial charge is 0.505 e. The molecule has 0 spiro atoms. The Morgan fingerprint density at radius 2 is 1.80 bits per heavy atom. The molecule has 10 heteroatoms. The van der Waals surface area contributed by atoms with Crippen LogP contribution in [0.1, 0.15) is 0 Å². The molecular formula is Cl5NOP3+. The van der Waals surface area contributed by atoms with Crippen molar-refractivity contribution in [1.82, 2.24) is 0 Å². The number of hydrogen-bond donors (Lipinski definition) is 0. The highest BCUT2D eigenvalue weighted by Gasteiger charge is 2.36. The van der Waals surface area contributed by atoms with E-state index in [2.05, 4.69) is 0 Å². The maximum Gasteiger partial charge on any atom is 0.505 e. The van der Waals surface area contributed by atoms with Gasteiger partial charge in [0.25, 0.3) is 0 Å². The van der Waals surface area contributed by atoms with Gasteiger partial charge in [-0.2, -0.15) is 0 Å². The van der Waals surface area contributed by atoms with Gasteiger partial charge in [0, 0.05) is 33.7 Å². The van der Waals surface area contributed by atoms with E-state index in [1.54, 1.807) is 0 Å². The molecule has 0 aliphatic rings. The van der Waals surface area contributed by atoms with Gasteiger partial charge in [-0.3, -0.25) is 0 Å². The molecule has 0 aromatic carbocycles. The molecule has 0 fully saturated rings. The van der Waals surface area contributed by atoms with Crippen molar-refractivity contribution in [2.45, 2.75) is 0 Å². The van der Waals surface area contributed by atoms with Crippen molar-refractivity contribution in [3.8, 4) is 0 Å². The van der Waals surface area contributed by atoms with Gasteiger partial charge in [0.15, 0.2) is 0 Å². The minimum absolute atomic E-state index is 0.0763. The first-order valence-electron chi connectivity index (χ1n) is 1.63. The summed E-state index contributed by atoms with van der Waals surface area (Å²) in [4.78, 5) is 0. The summed E-state index contributed by atoms with van der Waals surface area (Å²) in [6, 6.07) is 0. The fourth-order valence-corrected chi connectivity index (χ4v) is 9.40. The van der Waals surface area contributed by atoms with Gasteiger partial charge < -0.3 is 0 Å². The lowest BCUT2D eigenvalue weighted by molar-refractivity contribution is -0.125. The van der Waals surface area contributed by atoms with E-state index in [1.807, 2.05) is 0 Å². The number of hydrogen-bond acceptors (Lipinski definition) is 1. The molecular weight excluding hydrogens is 300 g/mol. The van der Waals surface area contributed by atoms with Crippen LogP contribution >= 0.6 is 76.7 Å². The van der Waals surface area contributed by atoms with Gasteiger partial charge >= 0.3 is 20.5 Å². The molecule has 0 aromatic rings. The lowest BCUT2D eigenvalue weighted by atomic mass is 13.9. The van der Waals surface area contributed by atoms with Crippen molar-refractivity contribution in [3.63, 3.8) is 0 Å². The van der Waals surface area contributed by atoms with Crippen LogP contribution in [0.3, 0.4) is 0 Å². The smallest absolute Gasteiger partial charge is 0.216 e. The Labute approximate surface area is 84.8 Å². The van der Waals surface area contributed by atoms with Crippen LogP contribution in [-0.2, 0) is 4.57 Å². The highest BCUT2D eigenvalue weighted by atomic mass is 35.9. The lowest BCUT2D eigenvalue weighted by Crippen LogP contribution is -1.77. The number of nitrogens with zero attached hydrogens (tertiary/aromatic N) is 1. The van der Waals surface area contributed by atoms with E-state index >= 15 is 0 Å². The molecule has 0 unspecified atom stereocenters. The molecule has 0 heterocycles. The fraction of sp³-hybridized carbons (Fsp3) is 0. The van der Waals surface area contributed by atoms with E-state index in [9.17, 15) is 4.57 Å². The van der Waals surface area contributed by atoms with Crippen molar-refractivity contribution in [3.05, 3.63) is 0 Å². The normalized spacial score (nSPS) is 14.4. The summed E-state index contributed by atoms with van der Waals surface area (Å²) in [5, 5.41) is 0. The standard InChI is InChI=1S/Cl5NOP3/c1-8-6(9(2)3)10(4,5)7/q+1. The van der Waals surface area contributed by atoms with Crippen LogP contribution in [0.15, 0.2) is 0 Å². The van der Waals surface area contributed by atoms with Crippen LogP contribution in [0.5, 0.6) is 0 Å². The van der Waals surface area contributed by atoms with Crippen LogP contribution < -0.4 is 0 Å². The molecule has 0 saturated carbocycles. The molecule has 0 aliphatic carbocycles. The van der Waals surface area contributed by atoms with Crippen LogP contribution in [-0.4, -0.2) is 3.87 Å². The van der Waals surface area contributed by atoms with E-state index < -0.39 is 12.8 Å². The van der Waals surface area contributed by atoms with Crippen LogP contribution in [0.4, 0.5) is 0 Å². The summed E-state index contributed by atoms with van der Waals surface area (Å²) < 4.78 is 11.7. The minimum atomic E-state index is -3.43.